The zero-order valence-electron chi connectivity index (χ0n) is 38.6. The van der Waals surface area contributed by atoms with Crippen LogP contribution in [0.4, 0.5) is 0 Å². The van der Waals surface area contributed by atoms with E-state index >= 15 is 0 Å². The van der Waals surface area contributed by atoms with Gasteiger partial charge in [-0.25, -0.2) is 9.13 Å². The van der Waals surface area contributed by atoms with Crippen molar-refractivity contribution in [3.63, 3.8) is 0 Å². The first-order valence-electron chi connectivity index (χ1n) is 23.6. The summed E-state index contributed by atoms with van der Waals surface area (Å²) in [4.78, 5) is 70.3. The number of esters is 2. The van der Waals surface area contributed by atoms with Gasteiger partial charge in [0.05, 0.1) is 31.0 Å². The van der Waals surface area contributed by atoms with E-state index in [1.807, 2.05) is 6.92 Å². The van der Waals surface area contributed by atoms with Gasteiger partial charge < -0.3 is 54.8 Å². The van der Waals surface area contributed by atoms with Gasteiger partial charge in [-0.1, -0.05) is 108 Å². The number of phosphoric ester groups is 2. The second kappa shape index (κ2) is 32.6. The third-order valence-electron chi connectivity index (χ3n) is 11.5. The molecule has 382 valence electrons. The molecule has 0 aromatic carbocycles. The lowest BCUT2D eigenvalue weighted by atomic mass is 9.84. The Kier molecular flexibility index (Phi) is 29.6. The first-order valence-corrected chi connectivity index (χ1v) is 26.7. The molecule has 1 fully saturated rings. The lowest BCUT2D eigenvalue weighted by Crippen LogP contribution is -2.56. The highest BCUT2D eigenvalue weighted by Gasteiger charge is 2.51. The summed E-state index contributed by atoms with van der Waals surface area (Å²) in [5.41, 5.74) is 0. The van der Waals surface area contributed by atoms with Crippen molar-refractivity contribution in [1.29, 1.82) is 0 Å². The van der Waals surface area contributed by atoms with E-state index in [2.05, 4.69) is 19.1 Å². The number of fused-ring (bicyclic) bond motifs is 4. The van der Waals surface area contributed by atoms with E-state index in [0.717, 1.165) is 63.5 Å². The first kappa shape index (κ1) is 59.9. The van der Waals surface area contributed by atoms with Crippen molar-refractivity contribution in [2.24, 2.45) is 11.8 Å². The van der Waals surface area contributed by atoms with Crippen LogP contribution in [-0.4, -0.2) is 131 Å². The number of hydrogen-bond donors (Lipinski definition) is 9. The highest BCUT2D eigenvalue weighted by atomic mass is 31.2. The van der Waals surface area contributed by atoms with Crippen LogP contribution in [0.2, 0.25) is 0 Å². The van der Waals surface area contributed by atoms with Crippen LogP contribution >= 0.6 is 15.6 Å². The number of carbonyl (C=O) groups excluding carboxylic acids is 3. The van der Waals surface area contributed by atoms with Crippen LogP contribution < -0.4 is 0 Å². The summed E-state index contributed by atoms with van der Waals surface area (Å²) in [5, 5.41) is 68.1. The largest absolute Gasteiger partial charge is 0.472 e. The van der Waals surface area contributed by atoms with Gasteiger partial charge in [-0.15, -0.1) is 0 Å². The van der Waals surface area contributed by atoms with Crippen molar-refractivity contribution in [3.05, 3.63) is 36.5 Å². The standard InChI is InChI=1S/C45H78O19P2/c1-3-5-7-8-9-10-11-12-13-14-15-16-22-26-39(50)62-33-30-60-38(49)25-21-18-17-20-24-34-36(47)29-37(48)35(28-27-32(46)23-19-6-4-2)41(52)44(63-65(55,56)57)45(43(54)42(53)40(34)51)64-66(58,59)61-31-33/h10-11,17,20,27-28,32-35,37,40-46,48,51-54H,3-9,12-16,18-19,21-26,29-31H2,1-2H3,(H,58,59)(H2,55,56,57)/b11-10-,20-17-,28-27+/t32-,33+,34-,35-,37+,40+,41+,42-,43+,44+,45-/m0/s1. The van der Waals surface area contributed by atoms with E-state index in [4.69, 9.17) is 23.0 Å². The summed E-state index contributed by atoms with van der Waals surface area (Å²) in [6, 6.07) is 0. The molecular weight excluding hydrogens is 906 g/mol. The number of rotatable bonds is 22. The van der Waals surface area contributed by atoms with Crippen molar-refractivity contribution in [1.82, 2.24) is 0 Å². The Labute approximate surface area is 389 Å². The van der Waals surface area contributed by atoms with Gasteiger partial charge in [0.25, 0.3) is 0 Å². The SMILES string of the molecule is CCCCCC/C=C\CCCCCCCC(=O)O[C@@H]1COC(=O)CCC/C=C\C[C@H]2C(=O)C[C@@H](O)[C@H](/C=C/[C@@H](O)CCCCC)[C@@H](O)[C@@H](OP(=O)(O)O)[C@@H](OP(=O)(O)OC1)[C@H](O)[C@@H](O)[C@@H]2O. The van der Waals surface area contributed by atoms with Crippen LogP contribution in [0.1, 0.15) is 149 Å². The van der Waals surface area contributed by atoms with Gasteiger partial charge in [-0.2, -0.15) is 0 Å². The van der Waals surface area contributed by atoms with E-state index in [9.17, 15) is 68.8 Å². The fourth-order valence-corrected chi connectivity index (χ4v) is 9.25. The molecule has 0 aromatic heterocycles. The van der Waals surface area contributed by atoms with Crippen molar-refractivity contribution in [3.8, 4) is 0 Å². The predicted octanol–water partition coefficient (Wildman–Crippen LogP) is 5.32. The summed E-state index contributed by atoms with van der Waals surface area (Å²) < 4.78 is 52.1. The molecule has 2 bridgehead atoms. The molecule has 0 radical (unpaired) electrons. The van der Waals surface area contributed by atoms with Crippen LogP contribution in [0.15, 0.2) is 36.5 Å². The molecule has 9 N–H and O–H groups in total. The molecule has 12 atom stereocenters. The maximum absolute atomic E-state index is 13.7. The number of allylic oxidation sites excluding steroid dienone is 4. The molecule has 0 amide bonds. The number of cyclic esters (lactones) is 1. The Bertz CT molecular complexity index is 1580. The fraction of sp³-hybridized carbons (Fsp3) is 0.800. The maximum atomic E-state index is 13.7. The molecule has 2 rings (SSSR count). The molecule has 66 heavy (non-hydrogen) atoms. The summed E-state index contributed by atoms with van der Waals surface area (Å²) in [5.74, 6) is -5.69. The van der Waals surface area contributed by atoms with Gasteiger partial charge in [0.2, 0.25) is 0 Å². The zero-order chi connectivity index (χ0) is 49.1. The second-order valence-corrected chi connectivity index (χ2v) is 19.8. The number of ketones is 1. The Morgan fingerprint density at radius 3 is 2.17 bits per heavy atom. The molecular formula is C45H78O19P2. The number of aliphatic hydroxyl groups is 6. The van der Waals surface area contributed by atoms with Crippen molar-refractivity contribution >= 4 is 33.4 Å². The van der Waals surface area contributed by atoms with E-state index < -0.39 is 120 Å². The van der Waals surface area contributed by atoms with E-state index in [-0.39, 0.29) is 38.5 Å². The molecule has 1 aliphatic heterocycles. The molecule has 0 saturated heterocycles. The summed E-state index contributed by atoms with van der Waals surface area (Å²) in [6.45, 7) is 2.50. The third-order valence-corrected chi connectivity index (χ3v) is 13.1. The number of hydrogen-bond acceptors (Lipinski definition) is 16. The van der Waals surface area contributed by atoms with E-state index in [0.29, 0.717) is 12.8 Å². The number of carbonyl (C=O) groups is 3. The highest BCUT2D eigenvalue weighted by molar-refractivity contribution is 7.47. The first-order chi connectivity index (χ1) is 31.3. The molecule has 2 aliphatic rings. The third kappa shape index (κ3) is 24.4. The van der Waals surface area contributed by atoms with Gasteiger partial charge in [0.15, 0.2) is 6.10 Å². The quantitative estimate of drug-likeness (QED) is 0.0287. The molecule has 0 aromatic rings. The molecule has 21 heteroatoms. The Morgan fingerprint density at radius 2 is 1.50 bits per heavy atom. The summed E-state index contributed by atoms with van der Waals surface area (Å²) in [7, 11) is -11.5. The second-order valence-electron chi connectivity index (χ2n) is 17.2. The minimum absolute atomic E-state index is 0.0454. The van der Waals surface area contributed by atoms with Crippen molar-refractivity contribution in [2.75, 3.05) is 13.2 Å². The fourth-order valence-electron chi connectivity index (χ4n) is 7.72. The smallest absolute Gasteiger partial charge is 0.462 e. The summed E-state index contributed by atoms with van der Waals surface area (Å²) in [6.07, 6.45) is 2.44. The number of Topliss-reactive ketones (excluding diaryl/α,β-unsaturated/α-hetero) is 1. The lowest BCUT2D eigenvalue weighted by Gasteiger charge is -2.38. The molecule has 1 aliphatic carbocycles. The van der Waals surface area contributed by atoms with Crippen molar-refractivity contribution in [2.45, 2.75) is 204 Å². The highest BCUT2D eigenvalue weighted by Crippen LogP contribution is 2.49. The molecule has 1 unspecified atom stereocenters. The van der Waals surface area contributed by atoms with Gasteiger partial charge >= 0.3 is 27.6 Å². The molecule has 1 heterocycles. The average Bonchev–Trinajstić information content (AvgIpc) is 3.25. The van der Waals surface area contributed by atoms with Gasteiger partial charge in [0.1, 0.15) is 36.8 Å². The van der Waals surface area contributed by atoms with Gasteiger partial charge in [0, 0.05) is 31.1 Å². The minimum Gasteiger partial charge on any atom is -0.462 e. The topological polar surface area (TPSA) is 314 Å². The van der Waals surface area contributed by atoms with E-state index in [1.165, 1.54) is 31.8 Å². The molecule has 19 nitrogen and oxygen atoms in total. The maximum Gasteiger partial charge on any atom is 0.472 e. The predicted molar refractivity (Wildman–Crippen MR) is 242 cm³/mol. The minimum atomic E-state index is -5.78. The van der Waals surface area contributed by atoms with Crippen LogP contribution in [-0.2, 0) is 46.6 Å². The van der Waals surface area contributed by atoms with Gasteiger partial charge in [-0.3, -0.25) is 28.0 Å². The molecule has 0 spiro atoms. The Morgan fingerprint density at radius 1 is 0.864 bits per heavy atom. The van der Waals surface area contributed by atoms with Crippen molar-refractivity contribution < 1.29 is 91.9 Å². The lowest BCUT2D eigenvalue weighted by molar-refractivity contribution is -0.164. The summed E-state index contributed by atoms with van der Waals surface area (Å²) >= 11 is 0. The number of ether oxygens (including phenoxy) is 2. The van der Waals surface area contributed by atoms with Crippen LogP contribution in [0.3, 0.4) is 0 Å². The monoisotopic (exact) mass is 984 g/mol. The number of phosphoric acid groups is 2. The Hall–Kier alpha value is -2.19. The van der Waals surface area contributed by atoms with Crippen LogP contribution in [0.25, 0.3) is 0 Å². The average molecular weight is 985 g/mol. The van der Waals surface area contributed by atoms with Crippen LogP contribution in [0, 0.1) is 11.8 Å². The molecule has 1 saturated carbocycles. The Balaban J connectivity index is 2.42. The normalized spacial score (nSPS) is 31.5. The van der Waals surface area contributed by atoms with Gasteiger partial charge in [-0.05, 0) is 57.8 Å². The number of aliphatic hydroxyl groups excluding tert-OH is 6. The zero-order valence-corrected chi connectivity index (χ0v) is 40.4. The van der Waals surface area contributed by atoms with Crippen LogP contribution in [0.5, 0.6) is 0 Å². The van der Waals surface area contributed by atoms with E-state index in [1.54, 1.807) is 6.08 Å². The number of unbranched alkanes of at least 4 members (excludes halogenated alkanes) is 11.